The molecule has 1 aliphatic rings. The van der Waals surface area contributed by atoms with Crippen LogP contribution in [0.4, 0.5) is 5.82 Å². The molecule has 5 nitrogen and oxygen atoms in total. The summed E-state index contributed by atoms with van der Waals surface area (Å²) in [7, 11) is -2.97. The van der Waals surface area contributed by atoms with Gasteiger partial charge in [0.15, 0.2) is 9.84 Å². The van der Waals surface area contributed by atoms with Crippen LogP contribution in [0.5, 0.6) is 0 Å². The first kappa shape index (κ1) is 13.8. The molecule has 0 aliphatic carbocycles. The lowest BCUT2D eigenvalue weighted by Crippen LogP contribution is -2.35. The van der Waals surface area contributed by atoms with Crippen LogP contribution in [0.3, 0.4) is 0 Å². The quantitative estimate of drug-likeness (QED) is 0.888. The molecule has 102 valence electrons. The summed E-state index contributed by atoms with van der Waals surface area (Å²) in [5.74, 6) is 0.880. The van der Waals surface area contributed by atoms with E-state index in [0.29, 0.717) is 17.8 Å². The first-order chi connectivity index (χ1) is 8.91. The van der Waals surface area contributed by atoms with Crippen LogP contribution in [-0.2, 0) is 9.84 Å². The summed E-state index contributed by atoms with van der Waals surface area (Å²) < 4.78 is 23.2. The van der Waals surface area contributed by atoms with Gasteiger partial charge in [-0.25, -0.2) is 13.4 Å². The Balaban J connectivity index is 2.26. The SMILES string of the molecule is Cc1cc(C)c(C#N)c(NC2CCCS(=O)(=O)C2)n1. The molecule has 0 aromatic carbocycles. The predicted octanol–water partition coefficient (Wildman–Crippen LogP) is 1.56. The number of rotatable bonds is 2. The minimum Gasteiger partial charge on any atom is -0.365 e. The van der Waals surface area contributed by atoms with Crippen molar-refractivity contribution in [1.29, 1.82) is 5.26 Å². The highest BCUT2D eigenvalue weighted by Gasteiger charge is 2.25. The van der Waals surface area contributed by atoms with Gasteiger partial charge < -0.3 is 5.32 Å². The molecule has 1 fully saturated rings. The number of aryl methyl sites for hydroxylation is 2. The van der Waals surface area contributed by atoms with E-state index in [1.165, 1.54) is 0 Å². The fourth-order valence-electron chi connectivity index (χ4n) is 2.41. The lowest BCUT2D eigenvalue weighted by molar-refractivity contribution is 0.561. The van der Waals surface area contributed by atoms with E-state index >= 15 is 0 Å². The van der Waals surface area contributed by atoms with E-state index < -0.39 is 9.84 Å². The molecule has 1 N–H and O–H groups in total. The second-order valence-corrected chi connectivity index (χ2v) is 7.24. The standard InChI is InChI=1S/C13H17N3O2S/c1-9-6-10(2)15-13(12(9)7-14)16-11-4-3-5-19(17,18)8-11/h6,11H,3-5,8H2,1-2H3,(H,15,16). The molecule has 2 rings (SSSR count). The number of nitrogens with zero attached hydrogens (tertiary/aromatic N) is 2. The molecule has 19 heavy (non-hydrogen) atoms. The van der Waals surface area contributed by atoms with Gasteiger partial charge >= 0.3 is 0 Å². The zero-order valence-corrected chi connectivity index (χ0v) is 11.9. The molecule has 6 heteroatoms. The summed E-state index contributed by atoms with van der Waals surface area (Å²) in [6.45, 7) is 3.72. The van der Waals surface area contributed by atoms with Crippen LogP contribution in [0.25, 0.3) is 0 Å². The van der Waals surface area contributed by atoms with E-state index in [2.05, 4.69) is 16.4 Å². The molecule has 2 heterocycles. The highest BCUT2D eigenvalue weighted by Crippen LogP contribution is 2.21. The average molecular weight is 279 g/mol. The topological polar surface area (TPSA) is 82.9 Å². The minimum absolute atomic E-state index is 0.118. The Kier molecular flexibility index (Phi) is 3.76. The van der Waals surface area contributed by atoms with Crippen molar-refractivity contribution in [1.82, 2.24) is 4.98 Å². The highest BCUT2D eigenvalue weighted by molar-refractivity contribution is 7.91. The Labute approximate surface area is 113 Å². The molecular weight excluding hydrogens is 262 g/mol. The van der Waals surface area contributed by atoms with Crippen LogP contribution in [0, 0.1) is 25.2 Å². The van der Waals surface area contributed by atoms with Gasteiger partial charge in [-0.3, -0.25) is 0 Å². The summed E-state index contributed by atoms with van der Waals surface area (Å²) in [6, 6.07) is 3.82. The van der Waals surface area contributed by atoms with Gasteiger partial charge in [-0.05, 0) is 38.3 Å². The molecule has 1 aromatic heterocycles. The lowest BCUT2D eigenvalue weighted by atomic mass is 10.1. The van der Waals surface area contributed by atoms with Gasteiger partial charge in [0.25, 0.3) is 0 Å². The van der Waals surface area contributed by atoms with E-state index in [0.717, 1.165) is 17.7 Å². The van der Waals surface area contributed by atoms with Crippen molar-refractivity contribution in [3.05, 3.63) is 22.9 Å². The number of nitriles is 1. The van der Waals surface area contributed by atoms with Crippen molar-refractivity contribution < 1.29 is 8.42 Å². The fraction of sp³-hybridized carbons (Fsp3) is 0.538. The largest absolute Gasteiger partial charge is 0.365 e. The Bertz CT molecular complexity index is 632. The molecule has 1 aromatic rings. The molecule has 0 saturated carbocycles. The normalized spacial score (nSPS) is 21.6. The van der Waals surface area contributed by atoms with Crippen molar-refractivity contribution in [3.63, 3.8) is 0 Å². The molecule has 1 saturated heterocycles. The monoisotopic (exact) mass is 279 g/mol. The summed E-state index contributed by atoms with van der Waals surface area (Å²) in [6.07, 6.45) is 1.45. The van der Waals surface area contributed by atoms with Crippen LogP contribution in [0.15, 0.2) is 6.07 Å². The van der Waals surface area contributed by atoms with Crippen LogP contribution in [0.2, 0.25) is 0 Å². The van der Waals surface area contributed by atoms with Crippen molar-refractivity contribution in [3.8, 4) is 6.07 Å². The molecule has 0 amide bonds. The van der Waals surface area contributed by atoms with Crippen molar-refractivity contribution >= 4 is 15.7 Å². The van der Waals surface area contributed by atoms with Gasteiger partial charge in [0.2, 0.25) is 0 Å². The van der Waals surface area contributed by atoms with Gasteiger partial charge in [-0.2, -0.15) is 5.26 Å². The van der Waals surface area contributed by atoms with Crippen molar-refractivity contribution in [2.45, 2.75) is 32.7 Å². The maximum absolute atomic E-state index is 11.6. The van der Waals surface area contributed by atoms with Crippen molar-refractivity contribution in [2.75, 3.05) is 16.8 Å². The maximum atomic E-state index is 11.6. The number of pyridine rings is 1. The molecule has 1 atom stereocenters. The molecule has 0 spiro atoms. The van der Waals surface area contributed by atoms with Gasteiger partial charge in [0.1, 0.15) is 11.9 Å². The third-order valence-electron chi connectivity index (χ3n) is 3.26. The highest BCUT2D eigenvalue weighted by atomic mass is 32.2. The number of aromatic nitrogens is 1. The second kappa shape index (κ2) is 5.17. The van der Waals surface area contributed by atoms with E-state index in [-0.39, 0.29) is 17.5 Å². The lowest BCUT2D eigenvalue weighted by Gasteiger charge is -2.24. The number of anilines is 1. The number of nitrogens with one attached hydrogen (secondary N) is 1. The molecule has 1 aliphatic heterocycles. The summed E-state index contributed by atoms with van der Waals surface area (Å²) in [5, 5.41) is 12.3. The summed E-state index contributed by atoms with van der Waals surface area (Å²) in [5.41, 5.74) is 2.17. The Morgan fingerprint density at radius 3 is 2.84 bits per heavy atom. The molecule has 0 bridgehead atoms. The number of sulfone groups is 1. The van der Waals surface area contributed by atoms with E-state index in [9.17, 15) is 13.7 Å². The fourth-order valence-corrected chi connectivity index (χ4v) is 4.05. The number of hydrogen-bond acceptors (Lipinski definition) is 5. The van der Waals surface area contributed by atoms with E-state index in [4.69, 9.17) is 0 Å². The molecule has 1 unspecified atom stereocenters. The van der Waals surface area contributed by atoms with Crippen LogP contribution in [-0.4, -0.2) is 30.9 Å². The van der Waals surface area contributed by atoms with E-state index in [1.54, 1.807) is 0 Å². The van der Waals surface area contributed by atoms with Gasteiger partial charge in [0.05, 0.1) is 17.1 Å². The van der Waals surface area contributed by atoms with Crippen LogP contribution >= 0.6 is 0 Å². The summed E-state index contributed by atoms with van der Waals surface area (Å²) in [4.78, 5) is 4.32. The molecular formula is C13H17N3O2S. The third kappa shape index (κ3) is 3.24. The Hall–Kier alpha value is -1.61. The Morgan fingerprint density at radius 1 is 1.47 bits per heavy atom. The maximum Gasteiger partial charge on any atom is 0.152 e. The zero-order valence-electron chi connectivity index (χ0n) is 11.1. The average Bonchev–Trinajstić information content (AvgIpc) is 2.26. The first-order valence-corrected chi connectivity index (χ1v) is 8.09. The van der Waals surface area contributed by atoms with Crippen LogP contribution in [0.1, 0.15) is 29.7 Å². The first-order valence-electron chi connectivity index (χ1n) is 6.26. The predicted molar refractivity (Wildman–Crippen MR) is 73.7 cm³/mol. The van der Waals surface area contributed by atoms with Crippen LogP contribution < -0.4 is 5.32 Å². The second-order valence-electron chi connectivity index (χ2n) is 5.01. The minimum atomic E-state index is -2.97. The number of hydrogen-bond donors (Lipinski definition) is 1. The van der Waals surface area contributed by atoms with Crippen molar-refractivity contribution in [2.24, 2.45) is 0 Å². The Morgan fingerprint density at radius 2 is 2.21 bits per heavy atom. The smallest absolute Gasteiger partial charge is 0.152 e. The van der Waals surface area contributed by atoms with Gasteiger partial charge in [0, 0.05) is 11.7 Å². The molecule has 0 radical (unpaired) electrons. The van der Waals surface area contributed by atoms with Gasteiger partial charge in [-0.15, -0.1) is 0 Å². The van der Waals surface area contributed by atoms with Gasteiger partial charge in [-0.1, -0.05) is 0 Å². The third-order valence-corrected chi connectivity index (χ3v) is 5.08. The van der Waals surface area contributed by atoms with E-state index in [1.807, 2.05) is 19.9 Å². The summed E-state index contributed by atoms with van der Waals surface area (Å²) >= 11 is 0. The zero-order chi connectivity index (χ0) is 14.0.